The van der Waals surface area contributed by atoms with Gasteiger partial charge >= 0.3 is 5.97 Å². The van der Waals surface area contributed by atoms with Crippen LogP contribution in [0.2, 0.25) is 0 Å². The van der Waals surface area contributed by atoms with Crippen LogP contribution in [-0.2, 0) is 14.3 Å². The second-order valence-electron chi connectivity index (χ2n) is 6.57. The van der Waals surface area contributed by atoms with E-state index in [9.17, 15) is 27.6 Å². The van der Waals surface area contributed by atoms with Crippen molar-refractivity contribution in [3.63, 3.8) is 0 Å². The van der Waals surface area contributed by atoms with Crippen LogP contribution in [0.1, 0.15) is 41.3 Å². The van der Waals surface area contributed by atoms with Gasteiger partial charge in [0.2, 0.25) is 0 Å². The highest BCUT2D eigenvalue weighted by atomic mass is 19.2. The Morgan fingerprint density at radius 3 is 2.31 bits per heavy atom. The molecule has 1 N–H and O–H groups in total. The second kappa shape index (κ2) is 9.36. The van der Waals surface area contributed by atoms with E-state index in [0.717, 1.165) is 17.2 Å². The number of esters is 1. The molecule has 0 fully saturated rings. The Morgan fingerprint density at radius 1 is 0.966 bits per heavy atom. The lowest BCUT2D eigenvalue weighted by Crippen LogP contribution is -2.30. The fourth-order valence-electron chi connectivity index (χ4n) is 2.44. The summed E-state index contributed by atoms with van der Waals surface area (Å²) in [6.45, 7) is 5.02. The van der Waals surface area contributed by atoms with Crippen molar-refractivity contribution < 1.29 is 32.3 Å². The van der Waals surface area contributed by atoms with Gasteiger partial charge in [-0.2, -0.15) is 0 Å². The summed E-state index contributed by atoms with van der Waals surface area (Å²) >= 11 is 0. The van der Waals surface area contributed by atoms with E-state index in [-0.39, 0.29) is 18.6 Å². The number of halogens is 3. The van der Waals surface area contributed by atoms with Crippen LogP contribution in [0.3, 0.4) is 0 Å². The number of aryl methyl sites for hydroxylation is 2. The van der Waals surface area contributed by atoms with Gasteiger partial charge in [0.25, 0.3) is 5.91 Å². The maximum atomic E-state index is 13.6. The first-order chi connectivity index (χ1) is 13.6. The van der Waals surface area contributed by atoms with Gasteiger partial charge in [-0.1, -0.05) is 12.1 Å². The molecule has 0 aliphatic rings. The first kappa shape index (κ1) is 22.1. The van der Waals surface area contributed by atoms with E-state index in [1.165, 1.54) is 6.92 Å². The minimum Gasteiger partial charge on any atom is -0.453 e. The van der Waals surface area contributed by atoms with Crippen molar-refractivity contribution in [2.45, 2.75) is 39.7 Å². The zero-order chi connectivity index (χ0) is 21.7. The number of hydrogen-bond donors (Lipinski definition) is 1. The number of ketones is 1. The molecule has 8 heteroatoms. The molecule has 0 aliphatic heterocycles. The first-order valence-corrected chi connectivity index (χ1v) is 8.84. The van der Waals surface area contributed by atoms with Gasteiger partial charge in [0, 0.05) is 12.0 Å². The van der Waals surface area contributed by atoms with Crippen molar-refractivity contribution in [2.24, 2.45) is 0 Å². The Labute approximate surface area is 165 Å². The van der Waals surface area contributed by atoms with Crippen molar-refractivity contribution in [1.29, 1.82) is 0 Å². The zero-order valence-corrected chi connectivity index (χ0v) is 16.1. The lowest BCUT2D eigenvalue weighted by molar-refractivity contribution is -0.153. The molecule has 2 aromatic carbocycles. The van der Waals surface area contributed by atoms with Gasteiger partial charge in [-0.25, -0.2) is 13.2 Å². The molecule has 0 spiro atoms. The van der Waals surface area contributed by atoms with Gasteiger partial charge in [-0.05, 0) is 50.1 Å². The standard InChI is InChI=1S/C21H20F3NO4/c1-11-4-5-14(10-12(11)2)17(26)8-9-18(27)29-13(3)21(28)25-16-7-6-15(22)19(23)20(16)24/h4-7,10,13H,8-9H2,1-3H3,(H,25,28)/t13-/m1/s1. The van der Waals surface area contributed by atoms with Crippen molar-refractivity contribution in [1.82, 2.24) is 0 Å². The second-order valence-corrected chi connectivity index (χ2v) is 6.57. The third-order valence-electron chi connectivity index (χ3n) is 4.36. The molecule has 0 saturated heterocycles. The molecule has 29 heavy (non-hydrogen) atoms. The van der Waals surface area contributed by atoms with E-state index >= 15 is 0 Å². The van der Waals surface area contributed by atoms with Gasteiger partial charge in [0.15, 0.2) is 29.3 Å². The van der Waals surface area contributed by atoms with Crippen molar-refractivity contribution in [2.75, 3.05) is 5.32 Å². The number of Topliss-reactive ketones (excluding diaryl/α,β-unsaturated/α-hetero) is 1. The lowest BCUT2D eigenvalue weighted by Gasteiger charge is -2.14. The molecule has 1 atom stereocenters. The summed E-state index contributed by atoms with van der Waals surface area (Å²) in [5.74, 6) is -6.65. The Morgan fingerprint density at radius 2 is 1.66 bits per heavy atom. The maximum Gasteiger partial charge on any atom is 0.307 e. The molecular formula is C21H20F3NO4. The molecule has 0 saturated carbocycles. The van der Waals surface area contributed by atoms with Crippen LogP contribution in [0, 0.1) is 31.3 Å². The van der Waals surface area contributed by atoms with Gasteiger partial charge in [0.05, 0.1) is 12.1 Å². The third-order valence-corrected chi connectivity index (χ3v) is 4.36. The van der Waals surface area contributed by atoms with Crippen LogP contribution in [0.5, 0.6) is 0 Å². The average Bonchev–Trinajstić information content (AvgIpc) is 2.68. The molecule has 0 unspecified atom stereocenters. The molecule has 154 valence electrons. The quantitative estimate of drug-likeness (QED) is 0.423. The lowest BCUT2D eigenvalue weighted by atomic mass is 10.0. The molecule has 2 aromatic rings. The molecule has 0 radical (unpaired) electrons. The third kappa shape index (κ3) is 5.66. The number of carbonyl (C=O) groups is 3. The molecule has 0 aromatic heterocycles. The number of hydrogen-bond acceptors (Lipinski definition) is 4. The van der Waals surface area contributed by atoms with E-state index in [0.29, 0.717) is 11.6 Å². The van der Waals surface area contributed by atoms with Gasteiger partial charge in [-0.15, -0.1) is 0 Å². The molecule has 5 nitrogen and oxygen atoms in total. The minimum absolute atomic E-state index is 0.104. The summed E-state index contributed by atoms with van der Waals surface area (Å²) in [4.78, 5) is 36.1. The van der Waals surface area contributed by atoms with E-state index in [1.54, 1.807) is 12.1 Å². The Balaban J connectivity index is 1.88. The highest BCUT2D eigenvalue weighted by molar-refractivity contribution is 5.98. The van der Waals surface area contributed by atoms with Crippen LogP contribution in [0.25, 0.3) is 0 Å². The van der Waals surface area contributed by atoms with Crippen molar-refractivity contribution >= 4 is 23.3 Å². The van der Waals surface area contributed by atoms with Crippen LogP contribution < -0.4 is 5.32 Å². The Bertz CT molecular complexity index is 959. The number of rotatable bonds is 7. The Hall–Kier alpha value is -3.16. The fraction of sp³-hybridized carbons (Fsp3) is 0.286. The normalized spacial score (nSPS) is 11.7. The number of benzene rings is 2. The minimum atomic E-state index is -1.72. The number of anilines is 1. The average molecular weight is 407 g/mol. The largest absolute Gasteiger partial charge is 0.453 e. The van der Waals surface area contributed by atoms with E-state index in [2.05, 4.69) is 0 Å². The Kier molecular flexibility index (Phi) is 7.14. The predicted octanol–water partition coefficient (Wildman–Crippen LogP) is 4.25. The fourth-order valence-corrected chi connectivity index (χ4v) is 2.44. The van der Waals surface area contributed by atoms with Crippen LogP contribution in [-0.4, -0.2) is 23.8 Å². The topological polar surface area (TPSA) is 72.5 Å². The summed E-state index contributed by atoms with van der Waals surface area (Å²) in [6.07, 6.45) is -1.68. The summed E-state index contributed by atoms with van der Waals surface area (Å²) in [6, 6.07) is 6.72. The molecule has 2 rings (SSSR count). The van der Waals surface area contributed by atoms with Crippen molar-refractivity contribution in [3.8, 4) is 0 Å². The van der Waals surface area contributed by atoms with Gasteiger partial charge in [0.1, 0.15) is 0 Å². The molecule has 1 amide bonds. The summed E-state index contributed by atoms with van der Waals surface area (Å²) < 4.78 is 44.6. The number of carbonyl (C=O) groups excluding carboxylic acids is 3. The summed E-state index contributed by atoms with van der Waals surface area (Å²) in [5, 5.41) is 2.02. The predicted molar refractivity (Wildman–Crippen MR) is 100.0 cm³/mol. The van der Waals surface area contributed by atoms with Crippen LogP contribution in [0.15, 0.2) is 30.3 Å². The highest BCUT2D eigenvalue weighted by Crippen LogP contribution is 2.20. The van der Waals surface area contributed by atoms with Crippen LogP contribution in [0.4, 0.5) is 18.9 Å². The number of nitrogens with one attached hydrogen (secondary N) is 1. The zero-order valence-electron chi connectivity index (χ0n) is 16.1. The molecule has 0 heterocycles. The molecular weight excluding hydrogens is 387 g/mol. The molecule has 0 aliphatic carbocycles. The SMILES string of the molecule is Cc1ccc(C(=O)CCC(=O)O[C@H](C)C(=O)Nc2ccc(F)c(F)c2F)cc1C. The summed E-state index contributed by atoms with van der Waals surface area (Å²) in [7, 11) is 0. The number of ether oxygens (including phenoxy) is 1. The summed E-state index contributed by atoms with van der Waals surface area (Å²) in [5.41, 5.74) is 1.88. The maximum absolute atomic E-state index is 13.6. The monoisotopic (exact) mass is 407 g/mol. The van der Waals surface area contributed by atoms with E-state index in [4.69, 9.17) is 4.74 Å². The highest BCUT2D eigenvalue weighted by Gasteiger charge is 2.21. The van der Waals surface area contributed by atoms with Crippen molar-refractivity contribution in [3.05, 3.63) is 64.5 Å². The smallest absolute Gasteiger partial charge is 0.307 e. The first-order valence-electron chi connectivity index (χ1n) is 8.84. The molecule has 0 bridgehead atoms. The van der Waals surface area contributed by atoms with Gasteiger partial charge < -0.3 is 10.1 Å². The van der Waals surface area contributed by atoms with Gasteiger partial charge in [-0.3, -0.25) is 14.4 Å². The van der Waals surface area contributed by atoms with Crippen LogP contribution >= 0.6 is 0 Å². The van der Waals surface area contributed by atoms with E-state index in [1.807, 2.05) is 25.2 Å². The van der Waals surface area contributed by atoms with E-state index < -0.39 is 41.1 Å². The number of amides is 1.